The molecule has 0 aliphatic heterocycles. The van der Waals surface area contributed by atoms with Crippen molar-refractivity contribution in [3.63, 3.8) is 0 Å². The highest BCUT2D eigenvalue weighted by Gasteiger charge is 2.13. The van der Waals surface area contributed by atoms with Gasteiger partial charge in [0.15, 0.2) is 0 Å². The number of aryl methyl sites for hydroxylation is 2. The smallest absolute Gasteiger partial charge is 0.407 e. The highest BCUT2D eigenvalue weighted by atomic mass is 16.5. The third-order valence-electron chi connectivity index (χ3n) is 5.67. The number of nitrogens with one attached hydrogen (secondary N) is 2. The second kappa shape index (κ2) is 10.00. The Balaban J connectivity index is 1.62. The van der Waals surface area contributed by atoms with Gasteiger partial charge in [-0.1, -0.05) is 23.8 Å². The Morgan fingerprint density at radius 2 is 1.76 bits per heavy atom. The van der Waals surface area contributed by atoms with Crippen LogP contribution < -0.4 is 15.4 Å². The van der Waals surface area contributed by atoms with E-state index in [1.165, 1.54) is 5.56 Å². The first kappa shape index (κ1) is 23.4. The van der Waals surface area contributed by atoms with Gasteiger partial charge in [-0.2, -0.15) is 0 Å². The first-order valence-electron chi connectivity index (χ1n) is 11.5. The molecule has 4 aromatic rings. The van der Waals surface area contributed by atoms with Crippen LogP contribution in [0.15, 0.2) is 54.6 Å². The van der Waals surface area contributed by atoms with E-state index in [0.717, 1.165) is 50.1 Å². The average molecular weight is 458 g/mol. The maximum Gasteiger partial charge on any atom is 0.407 e. The molecule has 0 unspecified atom stereocenters. The molecular weight excluding hydrogens is 426 g/mol. The van der Waals surface area contributed by atoms with Gasteiger partial charge in [-0.15, -0.1) is 0 Å². The number of anilines is 2. The number of aromatic nitrogens is 1. The Bertz CT molecular complexity index is 1330. The number of benzene rings is 3. The standard InChI is InChI=1S/C28H31N3O3/c1-17(2)29-28(32)34-13-12-20-6-8-21(9-7-20)30-27-23-16-22(33-5)10-11-25(23)31-26-19(4)14-18(3)15-24(26)27/h6-11,14-17H,12-13H2,1-5H3,(H,29,32)(H,30,31). The first-order chi connectivity index (χ1) is 16.3. The van der Waals surface area contributed by atoms with E-state index in [1.54, 1.807) is 7.11 Å². The van der Waals surface area contributed by atoms with E-state index in [4.69, 9.17) is 14.5 Å². The number of hydrogen-bond donors (Lipinski definition) is 2. The lowest BCUT2D eigenvalue weighted by molar-refractivity contribution is 0.145. The number of alkyl carbamates (subject to hydrolysis) is 1. The second-order valence-corrected chi connectivity index (χ2v) is 8.85. The lowest BCUT2D eigenvalue weighted by Crippen LogP contribution is -2.31. The molecule has 0 aliphatic carbocycles. The highest BCUT2D eigenvalue weighted by Crippen LogP contribution is 2.36. The minimum atomic E-state index is -0.384. The molecular formula is C28H31N3O3. The van der Waals surface area contributed by atoms with Gasteiger partial charge in [-0.25, -0.2) is 9.78 Å². The van der Waals surface area contributed by atoms with Crippen molar-refractivity contribution in [3.8, 4) is 5.75 Å². The number of hydrogen-bond acceptors (Lipinski definition) is 5. The molecule has 0 atom stereocenters. The SMILES string of the molecule is COc1ccc2nc3c(C)cc(C)cc3c(Nc3ccc(CCOC(=O)NC(C)C)cc3)c2c1. The van der Waals surface area contributed by atoms with E-state index in [9.17, 15) is 4.79 Å². The minimum Gasteiger partial charge on any atom is -0.497 e. The summed E-state index contributed by atoms with van der Waals surface area (Å²) in [6.07, 6.45) is 0.272. The molecule has 0 aliphatic rings. The Hall–Kier alpha value is -3.80. The van der Waals surface area contributed by atoms with Gasteiger partial charge >= 0.3 is 6.09 Å². The topological polar surface area (TPSA) is 72.5 Å². The maximum absolute atomic E-state index is 11.7. The zero-order valence-corrected chi connectivity index (χ0v) is 20.4. The lowest BCUT2D eigenvalue weighted by atomic mass is 10.0. The van der Waals surface area contributed by atoms with Crippen LogP contribution in [-0.4, -0.2) is 30.8 Å². The predicted molar refractivity (Wildman–Crippen MR) is 138 cm³/mol. The Kier molecular flexibility index (Phi) is 6.87. The zero-order chi connectivity index (χ0) is 24.2. The largest absolute Gasteiger partial charge is 0.497 e. The van der Waals surface area contributed by atoms with Crippen molar-refractivity contribution in [1.29, 1.82) is 0 Å². The van der Waals surface area contributed by atoms with Gasteiger partial charge in [0, 0.05) is 28.9 Å². The van der Waals surface area contributed by atoms with E-state index in [0.29, 0.717) is 13.0 Å². The van der Waals surface area contributed by atoms with Crippen LogP contribution in [0.1, 0.15) is 30.5 Å². The fourth-order valence-corrected chi connectivity index (χ4v) is 4.08. The summed E-state index contributed by atoms with van der Waals surface area (Å²) in [7, 11) is 1.67. The summed E-state index contributed by atoms with van der Waals surface area (Å²) in [5.74, 6) is 0.790. The number of rotatable bonds is 7. The minimum absolute atomic E-state index is 0.0609. The molecule has 0 bridgehead atoms. The van der Waals surface area contributed by atoms with Crippen LogP contribution in [-0.2, 0) is 11.2 Å². The van der Waals surface area contributed by atoms with E-state index in [1.807, 2.05) is 44.2 Å². The van der Waals surface area contributed by atoms with Crippen molar-refractivity contribution in [3.05, 3.63) is 71.3 Å². The monoisotopic (exact) mass is 457 g/mol. The number of fused-ring (bicyclic) bond motifs is 2. The summed E-state index contributed by atoms with van der Waals surface area (Å²) in [5, 5.41) is 8.43. The molecule has 34 heavy (non-hydrogen) atoms. The molecule has 0 saturated heterocycles. The first-order valence-corrected chi connectivity index (χ1v) is 11.5. The summed E-state index contributed by atoms with van der Waals surface area (Å²) < 4.78 is 10.7. The summed E-state index contributed by atoms with van der Waals surface area (Å²) in [5.41, 5.74) is 7.31. The van der Waals surface area contributed by atoms with E-state index >= 15 is 0 Å². The molecule has 176 valence electrons. The van der Waals surface area contributed by atoms with Crippen molar-refractivity contribution < 1.29 is 14.3 Å². The summed E-state index contributed by atoms with van der Waals surface area (Å²) in [6, 6.07) is 18.5. The average Bonchev–Trinajstić information content (AvgIpc) is 2.80. The number of carbonyl (C=O) groups is 1. The van der Waals surface area contributed by atoms with Gasteiger partial charge in [-0.3, -0.25) is 0 Å². The molecule has 4 rings (SSSR count). The Morgan fingerprint density at radius 1 is 1.00 bits per heavy atom. The van der Waals surface area contributed by atoms with E-state index in [-0.39, 0.29) is 12.1 Å². The van der Waals surface area contributed by atoms with Gasteiger partial charge in [-0.05, 0) is 75.2 Å². The van der Waals surface area contributed by atoms with E-state index < -0.39 is 0 Å². The predicted octanol–water partition coefficient (Wildman–Crippen LogP) is 6.43. The van der Waals surface area contributed by atoms with Gasteiger partial charge < -0.3 is 20.1 Å². The normalized spacial score (nSPS) is 11.1. The lowest BCUT2D eigenvalue weighted by Gasteiger charge is -2.16. The molecule has 0 radical (unpaired) electrons. The van der Waals surface area contributed by atoms with Crippen molar-refractivity contribution in [2.75, 3.05) is 19.0 Å². The van der Waals surface area contributed by atoms with Crippen molar-refractivity contribution in [1.82, 2.24) is 10.3 Å². The van der Waals surface area contributed by atoms with Crippen LogP contribution in [0, 0.1) is 13.8 Å². The van der Waals surface area contributed by atoms with Gasteiger partial charge in [0.2, 0.25) is 0 Å². The van der Waals surface area contributed by atoms with Crippen LogP contribution in [0.2, 0.25) is 0 Å². The van der Waals surface area contributed by atoms with Crippen LogP contribution in [0.25, 0.3) is 21.8 Å². The fourth-order valence-electron chi connectivity index (χ4n) is 4.08. The van der Waals surface area contributed by atoms with Crippen LogP contribution in [0.5, 0.6) is 5.75 Å². The number of pyridine rings is 1. The fraction of sp³-hybridized carbons (Fsp3) is 0.286. The maximum atomic E-state index is 11.7. The number of methoxy groups -OCH3 is 1. The van der Waals surface area contributed by atoms with Gasteiger partial charge in [0.1, 0.15) is 5.75 Å². The van der Waals surface area contributed by atoms with Crippen molar-refractivity contribution >= 4 is 39.3 Å². The molecule has 1 amide bonds. The van der Waals surface area contributed by atoms with Crippen molar-refractivity contribution in [2.45, 2.75) is 40.2 Å². The summed E-state index contributed by atoms with van der Waals surface area (Å²) in [6.45, 7) is 8.34. The van der Waals surface area contributed by atoms with Gasteiger partial charge in [0.25, 0.3) is 0 Å². The van der Waals surface area contributed by atoms with Crippen LogP contribution in [0.3, 0.4) is 0 Å². The number of amides is 1. The molecule has 1 aromatic heterocycles. The Morgan fingerprint density at radius 3 is 2.47 bits per heavy atom. The number of carbonyl (C=O) groups excluding carboxylic acids is 1. The zero-order valence-electron chi connectivity index (χ0n) is 20.4. The molecule has 2 N–H and O–H groups in total. The second-order valence-electron chi connectivity index (χ2n) is 8.85. The molecule has 0 spiro atoms. The molecule has 3 aromatic carbocycles. The van der Waals surface area contributed by atoms with Crippen molar-refractivity contribution in [2.24, 2.45) is 0 Å². The van der Waals surface area contributed by atoms with Crippen LogP contribution in [0.4, 0.5) is 16.2 Å². The molecule has 0 saturated carbocycles. The molecule has 0 fully saturated rings. The molecule has 6 heteroatoms. The number of ether oxygens (including phenoxy) is 2. The Labute approximate surface area is 200 Å². The highest BCUT2D eigenvalue weighted by molar-refractivity contribution is 6.10. The quantitative estimate of drug-likeness (QED) is 0.313. The third-order valence-corrected chi connectivity index (χ3v) is 5.67. The number of nitrogens with zero attached hydrogens (tertiary/aromatic N) is 1. The molecule has 1 heterocycles. The third kappa shape index (κ3) is 5.22. The molecule has 6 nitrogen and oxygen atoms in total. The summed E-state index contributed by atoms with van der Waals surface area (Å²) in [4.78, 5) is 16.6. The summed E-state index contributed by atoms with van der Waals surface area (Å²) >= 11 is 0. The van der Waals surface area contributed by atoms with Crippen LogP contribution >= 0.6 is 0 Å². The van der Waals surface area contributed by atoms with Gasteiger partial charge in [0.05, 0.1) is 30.4 Å². The van der Waals surface area contributed by atoms with E-state index in [2.05, 4.69) is 48.7 Å².